The normalized spacial score (nSPS) is 17.4. The van der Waals surface area contributed by atoms with Crippen LogP contribution in [0.3, 0.4) is 0 Å². The quantitative estimate of drug-likeness (QED) is 0.173. The summed E-state index contributed by atoms with van der Waals surface area (Å²) < 4.78 is 16.6. The van der Waals surface area contributed by atoms with Crippen molar-refractivity contribution in [2.75, 3.05) is 67.2 Å². The summed E-state index contributed by atoms with van der Waals surface area (Å²) in [5.74, 6) is 1.39. The predicted molar refractivity (Wildman–Crippen MR) is 205 cm³/mol. The van der Waals surface area contributed by atoms with Crippen molar-refractivity contribution in [2.45, 2.75) is 38.4 Å². The molecule has 274 valence electrons. The largest absolute Gasteiger partial charge is 0.496 e. The van der Waals surface area contributed by atoms with Crippen molar-refractivity contribution >= 4 is 29.1 Å². The van der Waals surface area contributed by atoms with Gasteiger partial charge in [0.05, 0.1) is 35.7 Å². The molecule has 3 fully saturated rings. The molecule has 1 amide bonds. The molecule has 2 aromatic carbocycles. The van der Waals surface area contributed by atoms with Crippen molar-refractivity contribution in [3.05, 3.63) is 82.0 Å². The van der Waals surface area contributed by atoms with Crippen LogP contribution < -0.4 is 20.1 Å². The first-order valence-corrected chi connectivity index (χ1v) is 18.6. The second-order valence-corrected chi connectivity index (χ2v) is 14.9. The molecule has 2 N–H and O–H groups in total. The summed E-state index contributed by atoms with van der Waals surface area (Å²) in [5, 5.41) is 8.17. The van der Waals surface area contributed by atoms with Crippen LogP contribution in [0.4, 0.5) is 0 Å². The molecule has 7 rings (SSSR count). The molecule has 0 saturated carbocycles. The second kappa shape index (κ2) is 16.1. The van der Waals surface area contributed by atoms with Gasteiger partial charge in [0.2, 0.25) is 11.8 Å². The number of benzene rings is 2. The van der Waals surface area contributed by atoms with E-state index in [9.17, 15) is 4.79 Å². The van der Waals surface area contributed by atoms with E-state index in [1.807, 2.05) is 47.4 Å². The Hall–Kier alpha value is -3.77. The number of rotatable bonds is 12. The lowest BCUT2D eigenvalue weighted by molar-refractivity contribution is -0.136. The minimum Gasteiger partial charge on any atom is -0.496 e. The van der Waals surface area contributed by atoms with Crippen molar-refractivity contribution in [1.82, 2.24) is 30.4 Å². The maximum atomic E-state index is 12.2. The van der Waals surface area contributed by atoms with Crippen molar-refractivity contribution in [1.29, 1.82) is 0 Å². The van der Waals surface area contributed by atoms with E-state index in [0.717, 1.165) is 84.7 Å². The number of carbonyl (C=O) groups is 1. The van der Waals surface area contributed by atoms with Crippen LogP contribution in [0.1, 0.15) is 30.4 Å². The average molecular weight is 746 g/mol. The van der Waals surface area contributed by atoms with Crippen molar-refractivity contribution in [3.63, 3.8) is 0 Å². The fourth-order valence-corrected chi connectivity index (χ4v) is 8.51. The van der Waals surface area contributed by atoms with E-state index in [1.54, 1.807) is 27.5 Å². The summed E-state index contributed by atoms with van der Waals surface area (Å²) in [5.41, 5.74) is 7.10. The third-order valence-corrected chi connectivity index (χ3v) is 11.5. The molecule has 1 spiro atoms. The Morgan fingerprint density at radius 3 is 2.46 bits per heavy atom. The maximum Gasteiger partial charge on any atom is 0.248 e. The third kappa shape index (κ3) is 7.64. The van der Waals surface area contributed by atoms with Crippen molar-refractivity contribution in [2.24, 2.45) is 5.41 Å². The lowest BCUT2D eigenvalue weighted by atomic mass is 9.79. The van der Waals surface area contributed by atoms with E-state index in [-0.39, 0.29) is 12.5 Å². The highest BCUT2D eigenvalue weighted by molar-refractivity contribution is 6.39. The summed E-state index contributed by atoms with van der Waals surface area (Å²) in [4.78, 5) is 26.1. The number of nitrogens with one attached hydrogen (secondary N) is 2. The summed E-state index contributed by atoms with van der Waals surface area (Å²) in [6.45, 7) is 7.46. The summed E-state index contributed by atoms with van der Waals surface area (Å²) in [7, 11) is 4.88. The number of pyridine rings is 2. The summed E-state index contributed by atoms with van der Waals surface area (Å²) in [6, 6.07) is 18.3. The Morgan fingerprint density at radius 2 is 1.73 bits per heavy atom. The minimum absolute atomic E-state index is 0.0371. The van der Waals surface area contributed by atoms with Crippen LogP contribution in [0, 0.1) is 5.41 Å². The fraction of sp³-hybridized carbons (Fsp3) is 0.425. The Balaban J connectivity index is 1.06. The van der Waals surface area contributed by atoms with Gasteiger partial charge in [0.1, 0.15) is 12.4 Å². The SMILES string of the molecule is COCC(=O)N1CCC(NCc2ccc(-c3cccc(-c4ccnc(-c5ccc(CN6CC7(CCNC7)C6)c(OC)c5)c4Cl)c3Cl)nc2OC)CC1. The number of piperidine rings is 1. The van der Waals surface area contributed by atoms with Gasteiger partial charge in [0.25, 0.3) is 0 Å². The van der Waals surface area contributed by atoms with Crippen LogP contribution in [-0.4, -0.2) is 98.9 Å². The van der Waals surface area contributed by atoms with Crippen LogP contribution in [0.5, 0.6) is 11.6 Å². The van der Waals surface area contributed by atoms with Gasteiger partial charge in [-0.1, -0.05) is 59.6 Å². The molecule has 12 heteroatoms. The predicted octanol–water partition coefficient (Wildman–Crippen LogP) is 6.32. The number of nitrogens with zero attached hydrogens (tertiary/aromatic N) is 4. The molecule has 4 aromatic rings. The van der Waals surface area contributed by atoms with Crippen LogP contribution in [0.2, 0.25) is 10.0 Å². The first-order valence-electron chi connectivity index (χ1n) is 17.9. The smallest absolute Gasteiger partial charge is 0.248 e. The van der Waals surface area contributed by atoms with E-state index in [0.29, 0.717) is 58.4 Å². The molecule has 0 atom stereocenters. The highest BCUT2D eigenvalue weighted by Crippen LogP contribution is 2.43. The number of hydrogen-bond donors (Lipinski definition) is 2. The standard InChI is InChI=1S/C40H46Cl2N6O4/c1-50-22-35(49)48-17-12-29(13-18-48)45-20-27-9-10-33(46-39(27)52-3)32-6-4-5-30(36(32)41)31-11-15-44-38(37(31)42)26-7-8-28(34(19-26)51-2)21-47-24-40(25-47)14-16-43-23-40/h4-11,15,19,29,43,45H,12-14,16-18,20-25H2,1-3H3. The first kappa shape index (κ1) is 36.6. The van der Waals surface area contributed by atoms with Gasteiger partial charge in [-0.15, -0.1) is 0 Å². The number of hydrogen-bond acceptors (Lipinski definition) is 9. The molecule has 3 saturated heterocycles. The molecular formula is C40H46Cl2N6O4. The Morgan fingerprint density at radius 1 is 0.962 bits per heavy atom. The van der Waals surface area contributed by atoms with Gasteiger partial charge >= 0.3 is 0 Å². The first-order chi connectivity index (χ1) is 25.3. The van der Waals surface area contributed by atoms with Crippen LogP contribution >= 0.6 is 23.2 Å². The average Bonchev–Trinajstić information content (AvgIpc) is 3.65. The zero-order valence-electron chi connectivity index (χ0n) is 30.0. The van der Waals surface area contributed by atoms with Gasteiger partial charge in [0.15, 0.2) is 0 Å². The van der Waals surface area contributed by atoms with Gasteiger partial charge in [0, 0.05) is 104 Å². The van der Waals surface area contributed by atoms with Gasteiger partial charge < -0.3 is 29.7 Å². The zero-order chi connectivity index (χ0) is 36.2. The molecular weight excluding hydrogens is 699 g/mol. The lowest BCUT2D eigenvalue weighted by Crippen LogP contribution is -2.56. The van der Waals surface area contributed by atoms with Crippen LogP contribution in [-0.2, 0) is 22.6 Å². The monoisotopic (exact) mass is 744 g/mol. The van der Waals surface area contributed by atoms with E-state index in [1.165, 1.54) is 6.42 Å². The van der Waals surface area contributed by atoms with E-state index in [2.05, 4.69) is 32.7 Å². The zero-order valence-corrected chi connectivity index (χ0v) is 31.5. The number of ether oxygens (including phenoxy) is 3. The Kier molecular flexibility index (Phi) is 11.3. The third-order valence-electron chi connectivity index (χ3n) is 10.7. The molecule has 0 aliphatic carbocycles. The molecule has 3 aliphatic rings. The number of carbonyl (C=O) groups excluding carboxylic acids is 1. The number of aromatic nitrogens is 2. The Bertz CT molecular complexity index is 1900. The molecule has 5 heterocycles. The number of halogens is 2. The summed E-state index contributed by atoms with van der Waals surface area (Å²) in [6.07, 6.45) is 4.77. The van der Waals surface area contributed by atoms with Gasteiger partial charge in [-0.05, 0) is 44.0 Å². The van der Waals surface area contributed by atoms with E-state index < -0.39 is 0 Å². The van der Waals surface area contributed by atoms with Gasteiger partial charge in [-0.25, -0.2) is 4.98 Å². The minimum atomic E-state index is 0.0371. The number of likely N-dealkylation sites (tertiary alicyclic amines) is 2. The highest BCUT2D eigenvalue weighted by atomic mass is 35.5. The fourth-order valence-electron chi connectivity index (χ4n) is 7.87. The molecule has 3 aliphatic heterocycles. The van der Waals surface area contributed by atoms with Crippen molar-refractivity contribution in [3.8, 4) is 45.3 Å². The number of methoxy groups -OCH3 is 3. The van der Waals surface area contributed by atoms with Gasteiger partial charge in [-0.2, -0.15) is 0 Å². The molecule has 10 nitrogen and oxygen atoms in total. The van der Waals surface area contributed by atoms with E-state index >= 15 is 0 Å². The summed E-state index contributed by atoms with van der Waals surface area (Å²) >= 11 is 14.3. The lowest BCUT2D eigenvalue weighted by Gasteiger charge is -2.48. The molecule has 0 unspecified atom stereocenters. The molecule has 52 heavy (non-hydrogen) atoms. The van der Waals surface area contributed by atoms with E-state index in [4.69, 9.17) is 42.4 Å². The highest BCUT2D eigenvalue weighted by Gasteiger charge is 2.44. The van der Waals surface area contributed by atoms with Crippen LogP contribution in [0.15, 0.2) is 60.8 Å². The van der Waals surface area contributed by atoms with Crippen LogP contribution in [0.25, 0.3) is 33.6 Å². The topological polar surface area (TPSA) is 101 Å². The van der Waals surface area contributed by atoms with Crippen molar-refractivity contribution < 1.29 is 19.0 Å². The molecule has 0 bridgehead atoms. The molecule has 2 aromatic heterocycles. The van der Waals surface area contributed by atoms with Gasteiger partial charge in [-0.3, -0.25) is 14.7 Å². The number of amides is 1. The molecule has 0 radical (unpaired) electrons. The Labute approximate surface area is 315 Å². The maximum absolute atomic E-state index is 12.2. The second-order valence-electron chi connectivity index (χ2n) is 14.1.